The summed E-state index contributed by atoms with van der Waals surface area (Å²) in [4.78, 5) is 11.3. The quantitative estimate of drug-likeness (QED) is 0.903. The predicted octanol–water partition coefficient (Wildman–Crippen LogP) is 3.47. The van der Waals surface area contributed by atoms with E-state index >= 15 is 0 Å². The van der Waals surface area contributed by atoms with Gasteiger partial charge in [0.1, 0.15) is 5.82 Å². The second kappa shape index (κ2) is 4.84. The van der Waals surface area contributed by atoms with Gasteiger partial charge in [-0.15, -0.1) is 11.3 Å². The Balaban J connectivity index is 2.44. The SMILES string of the molecule is CCc1ccc(-c2nc(N)cc(C(C)C)n2)s1. The molecule has 3 nitrogen and oxygen atoms in total. The van der Waals surface area contributed by atoms with Gasteiger partial charge < -0.3 is 5.73 Å². The molecule has 0 bridgehead atoms. The van der Waals surface area contributed by atoms with Crippen LogP contribution in [0.2, 0.25) is 0 Å². The number of rotatable bonds is 3. The van der Waals surface area contributed by atoms with Crippen LogP contribution in [-0.4, -0.2) is 9.97 Å². The first-order valence-corrected chi connectivity index (χ1v) is 6.65. The van der Waals surface area contributed by atoms with Crippen LogP contribution in [0, 0.1) is 0 Å². The van der Waals surface area contributed by atoms with Gasteiger partial charge in [-0.3, -0.25) is 0 Å². The van der Waals surface area contributed by atoms with Crippen molar-refractivity contribution in [2.45, 2.75) is 33.1 Å². The molecule has 0 atom stereocenters. The smallest absolute Gasteiger partial charge is 0.171 e. The highest BCUT2D eigenvalue weighted by molar-refractivity contribution is 7.15. The molecule has 0 fully saturated rings. The topological polar surface area (TPSA) is 51.8 Å². The molecule has 0 aliphatic rings. The normalized spacial score (nSPS) is 11.1. The van der Waals surface area contributed by atoms with Crippen molar-refractivity contribution >= 4 is 17.2 Å². The van der Waals surface area contributed by atoms with Gasteiger partial charge in [-0.25, -0.2) is 9.97 Å². The summed E-state index contributed by atoms with van der Waals surface area (Å²) in [5.74, 6) is 1.66. The maximum Gasteiger partial charge on any atom is 0.171 e. The van der Waals surface area contributed by atoms with E-state index in [2.05, 4.69) is 42.9 Å². The number of hydrogen-bond donors (Lipinski definition) is 1. The molecule has 2 aromatic rings. The Labute approximate surface area is 106 Å². The Morgan fingerprint density at radius 3 is 2.65 bits per heavy atom. The molecular formula is C13H17N3S. The van der Waals surface area contributed by atoms with Gasteiger partial charge in [-0.05, 0) is 24.5 Å². The third kappa shape index (κ3) is 2.64. The molecule has 2 N–H and O–H groups in total. The molecular weight excluding hydrogens is 230 g/mol. The van der Waals surface area contributed by atoms with Crippen LogP contribution in [0.3, 0.4) is 0 Å². The minimum Gasteiger partial charge on any atom is -0.384 e. The second-order valence-electron chi connectivity index (χ2n) is 4.32. The Kier molecular flexibility index (Phi) is 3.43. The van der Waals surface area contributed by atoms with E-state index in [1.807, 2.05) is 6.07 Å². The molecule has 0 radical (unpaired) electrons. The maximum absolute atomic E-state index is 5.83. The largest absolute Gasteiger partial charge is 0.384 e. The second-order valence-corrected chi connectivity index (χ2v) is 5.48. The standard InChI is InChI=1S/C13H17N3S/c1-4-9-5-6-11(17-9)13-15-10(8(2)3)7-12(14)16-13/h5-8H,4H2,1-3H3,(H2,14,15,16). The van der Waals surface area contributed by atoms with Gasteiger partial charge in [0.15, 0.2) is 5.82 Å². The average Bonchev–Trinajstić information content (AvgIpc) is 2.76. The minimum atomic E-state index is 0.365. The van der Waals surface area contributed by atoms with Crippen LogP contribution in [0.4, 0.5) is 5.82 Å². The zero-order chi connectivity index (χ0) is 12.4. The van der Waals surface area contributed by atoms with E-state index in [1.54, 1.807) is 11.3 Å². The molecule has 0 aliphatic heterocycles. The summed E-state index contributed by atoms with van der Waals surface area (Å²) < 4.78 is 0. The van der Waals surface area contributed by atoms with Gasteiger partial charge >= 0.3 is 0 Å². The van der Waals surface area contributed by atoms with Crippen molar-refractivity contribution in [2.24, 2.45) is 0 Å². The lowest BCUT2D eigenvalue weighted by atomic mass is 10.1. The molecule has 2 heterocycles. The molecule has 0 saturated carbocycles. The molecule has 2 rings (SSSR count). The van der Waals surface area contributed by atoms with Crippen molar-refractivity contribution in [3.63, 3.8) is 0 Å². The van der Waals surface area contributed by atoms with Gasteiger partial charge in [0.05, 0.1) is 4.88 Å². The van der Waals surface area contributed by atoms with E-state index in [0.717, 1.165) is 22.8 Å². The monoisotopic (exact) mass is 247 g/mol. The minimum absolute atomic E-state index is 0.365. The first-order chi connectivity index (χ1) is 8.10. The molecule has 4 heteroatoms. The third-order valence-electron chi connectivity index (χ3n) is 2.59. The van der Waals surface area contributed by atoms with Crippen molar-refractivity contribution in [1.82, 2.24) is 9.97 Å². The van der Waals surface area contributed by atoms with E-state index in [0.29, 0.717) is 11.7 Å². The summed E-state index contributed by atoms with van der Waals surface area (Å²) in [7, 11) is 0. The zero-order valence-corrected chi connectivity index (χ0v) is 11.2. The zero-order valence-electron chi connectivity index (χ0n) is 10.4. The van der Waals surface area contributed by atoms with Gasteiger partial charge in [-0.2, -0.15) is 0 Å². The molecule has 0 unspecified atom stereocenters. The maximum atomic E-state index is 5.83. The fourth-order valence-corrected chi connectivity index (χ4v) is 2.46. The summed E-state index contributed by atoms with van der Waals surface area (Å²) in [6.07, 6.45) is 1.05. The van der Waals surface area contributed by atoms with Crippen molar-refractivity contribution in [3.05, 3.63) is 28.8 Å². The molecule has 0 aromatic carbocycles. The van der Waals surface area contributed by atoms with Crippen molar-refractivity contribution in [1.29, 1.82) is 0 Å². The lowest BCUT2D eigenvalue weighted by Crippen LogP contribution is -2.00. The van der Waals surface area contributed by atoms with E-state index in [9.17, 15) is 0 Å². The molecule has 0 aliphatic carbocycles. The first-order valence-electron chi connectivity index (χ1n) is 5.83. The fraction of sp³-hybridized carbons (Fsp3) is 0.385. The number of anilines is 1. The van der Waals surface area contributed by atoms with E-state index in [1.165, 1.54) is 4.88 Å². The average molecular weight is 247 g/mol. The number of nitrogen functional groups attached to an aromatic ring is 1. The summed E-state index contributed by atoms with van der Waals surface area (Å²) in [5.41, 5.74) is 6.83. The fourth-order valence-electron chi connectivity index (χ4n) is 1.58. The Bertz CT molecular complexity index is 517. The Morgan fingerprint density at radius 1 is 1.29 bits per heavy atom. The van der Waals surface area contributed by atoms with Crippen molar-refractivity contribution in [3.8, 4) is 10.7 Å². The van der Waals surface area contributed by atoms with Crippen molar-refractivity contribution < 1.29 is 0 Å². The third-order valence-corrected chi connectivity index (χ3v) is 3.81. The van der Waals surface area contributed by atoms with Crippen LogP contribution >= 0.6 is 11.3 Å². The lowest BCUT2D eigenvalue weighted by Gasteiger charge is -2.06. The molecule has 2 aromatic heterocycles. The highest BCUT2D eigenvalue weighted by Gasteiger charge is 2.09. The molecule has 0 saturated heterocycles. The van der Waals surface area contributed by atoms with Crippen LogP contribution < -0.4 is 5.73 Å². The molecule has 17 heavy (non-hydrogen) atoms. The number of aromatic nitrogens is 2. The van der Waals surface area contributed by atoms with Crippen LogP contribution in [0.1, 0.15) is 37.3 Å². The number of hydrogen-bond acceptors (Lipinski definition) is 4. The molecule has 90 valence electrons. The van der Waals surface area contributed by atoms with Crippen LogP contribution in [0.15, 0.2) is 18.2 Å². The van der Waals surface area contributed by atoms with Crippen molar-refractivity contribution in [2.75, 3.05) is 5.73 Å². The summed E-state index contributed by atoms with van der Waals surface area (Å²) >= 11 is 1.73. The van der Waals surface area contributed by atoms with Gasteiger partial charge in [0.25, 0.3) is 0 Å². The first kappa shape index (κ1) is 12.0. The number of nitrogens with two attached hydrogens (primary N) is 1. The lowest BCUT2D eigenvalue weighted by molar-refractivity contribution is 0.819. The molecule has 0 spiro atoms. The van der Waals surface area contributed by atoms with Gasteiger partial charge in [-0.1, -0.05) is 20.8 Å². The summed E-state index contributed by atoms with van der Waals surface area (Å²) in [5, 5.41) is 0. The molecule has 0 amide bonds. The van der Waals surface area contributed by atoms with E-state index in [-0.39, 0.29) is 0 Å². The van der Waals surface area contributed by atoms with Crippen LogP contribution in [-0.2, 0) is 6.42 Å². The Morgan fingerprint density at radius 2 is 2.06 bits per heavy atom. The highest BCUT2D eigenvalue weighted by Crippen LogP contribution is 2.27. The van der Waals surface area contributed by atoms with Gasteiger partial charge in [0, 0.05) is 16.6 Å². The van der Waals surface area contributed by atoms with Crippen LogP contribution in [0.25, 0.3) is 10.7 Å². The Hall–Kier alpha value is -1.42. The van der Waals surface area contributed by atoms with E-state index in [4.69, 9.17) is 5.73 Å². The predicted molar refractivity (Wildman–Crippen MR) is 73.2 cm³/mol. The number of aryl methyl sites for hydroxylation is 1. The van der Waals surface area contributed by atoms with Crippen LogP contribution in [0.5, 0.6) is 0 Å². The van der Waals surface area contributed by atoms with E-state index < -0.39 is 0 Å². The van der Waals surface area contributed by atoms with Gasteiger partial charge in [0.2, 0.25) is 0 Å². The summed E-state index contributed by atoms with van der Waals surface area (Å²) in [6.45, 7) is 6.37. The number of thiophene rings is 1. The highest BCUT2D eigenvalue weighted by atomic mass is 32.1. The number of nitrogens with zero attached hydrogens (tertiary/aromatic N) is 2. The summed E-state index contributed by atoms with van der Waals surface area (Å²) in [6, 6.07) is 6.05.